The quantitative estimate of drug-likeness (QED) is 0.692. The van der Waals surface area contributed by atoms with Gasteiger partial charge >= 0.3 is 0 Å². The number of carbonyl (C=O) groups is 1. The minimum absolute atomic E-state index is 0.112. The number of amides is 1. The van der Waals surface area contributed by atoms with Gasteiger partial charge in [-0.25, -0.2) is 0 Å². The Morgan fingerprint density at radius 3 is 2.74 bits per heavy atom. The van der Waals surface area contributed by atoms with Crippen molar-refractivity contribution < 1.29 is 14.1 Å². The zero-order valence-corrected chi connectivity index (χ0v) is 16.0. The largest absolute Gasteiger partial charge is 0.488 e. The summed E-state index contributed by atoms with van der Waals surface area (Å²) in [4.78, 5) is 12.6. The monoisotopic (exact) mass is 368 g/mol. The van der Waals surface area contributed by atoms with E-state index in [-0.39, 0.29) is 24.2 Å². The highest BCUT2D eigenvalue weighted by Gasteiger charge is 2.22. The van der Waals surface area contributed by atoms with Crippen molar-refractivity contribution in [3.63, 3.8) is 0 Å². The predicted molar refractivity (Wildman–Crippen MR) is 101 cm³/mol. The predicted octanol–water partition coefficient (Wildman–Crippen LogP) is 3.19. The van der Waals surface area contributed by atoms with Crippen LogP contribution in [0.2, 0.25) is 0 Å². The topological polar surface area (TPSA) is 82.2 Å². The minimum atomic E-state index is -0.286. The molecule has 142 valence electrons. The first-order valence-electron chi connectivity index (χ1n) is 8.88. The van der Waals surface area contributed by atoms with Crippen molar-refractivity contribution in [2.24, 2.45) is 0 Å². The molecule has 0 radical (unpaired) electrons. The number of ether oxygens (including phenoxy) is 1. The summed E-state index contributed by atoms with van der Waals surface area (Å²) in [5.74, 6) is 1.06. The lowest BCUT2D eigenvalue weighted by molar-refractivity contribution is 0.0924. The third-order valence-corrected chi connectivity index (χ3v) is 4.28. The van der Waals surface area contributed by atoms with Crippen LogP contribution in [0.4, 0.5) is 0 Å². The van der Waals surface area contributed by atoms with E-state index in [1.54, 1.807) is 11.6 Å². The number of aromatic nitrogens is 3. The molecule has 0 saturated carbocycles. The Hall–Kier alpha value is -3.09. The number of hydrogen-bond acceptors (Lipinski definition) is 5. The first kappa shape index (κ1) is 18.7. The Kier molecular flexibility index (Phi) is 5.59. The molecular weight excluding hydrogens is 344 g/mol. The number of hydrogen-bond donors (Lipinski definition) is 1. The van der Waals surface area contributed by atoms with E-state index < -0.39 is 0 Å². The molecule has 0 aliphatic heterocycles. The molecule has 1 N–H and O–H groups in total. The second-order valence-electron chi connectivity index (χ2n) is 6.67. The van der Waals surface area contributed by atoms with E-state index in [0.29, 0.717) is 17.9 Å². The molecule has 3 rings (SSSR count). The smallest absolute Gasteiger partial charge is 0.274 e. The summed E-state index contributed by atoms with van der Waals surface area (Å²) in [6.07, 6.45) is 1.89. The van der Waals surface area contributed by atoms with E-state index in [1.807, 2.05) is 57.3 Å². The summed E-state index contributed by atoms with van der Waals surface area (Å²) in [5, 5.41) is 11.2. The molecular formula is C20H24N4O3. The second-order valence-corrected chi connectivity index (χ2v) is 6.67. The fourth-order valence-corrected chi connectivity index (χ4v) is 2.79. The number of aryl methyl sites for hydroxylation is 3. The highest BCUT2D eigenvalue weighted by molar-refractivity contribution is 5.93. The number of nitrogens with one attached hydrogen (secondary N) is 1. The molecule has 7 nitrogen and oxygen atoms in total. The molecule has 1 amide bonds. The van der Waals surface area contributed by atoms with Gasteiger partial charge in [-0.1, -0.05) is 23.4 Å². The molecule has 0 bridgehead atoms. The van der Waals surface area contributed by atoms with Crippen LogP contribution in [-0.2, 0) is 13.2 Å². The van der Waals surface area contributed by atoms with Crippen molar-refractivity contribution in [2.45, 2.75) is 46.9 Å². The van der Waals surface area contributed by atoms with Gasteiger partial charge in [0.1, 0.15) is 18.1 Å². The number of rotatable bonds is 7. The zero-order chi connectivity index (χ0) is 19.4. The van der Waals surface area contributed by atoms with Gasteiger partial charge in [0, 0.05) is 12.2 Å². The van der Waals surface area contributed by atoms with E-state index in [9.17, 15) is 4.79 Å². The Labute approximate surface area is 158 Å². The molecule has 7 heteroatoms. The van der Waals surface area contributed by atoms with E-state index in [1.165, 1.54) is 0 Å². The van der Waals surface area contributed by atoms with E-state index in [4.69, 9.17) is 9.26 Å². The van der Waals surface area contributed by atoms with Crippen molar-refractivity contribution in [3.8, 4) is 5.75 Å². The fourth-order valence-electron chi connectivity index (χ4n) is 2.79. The first-order chi connectivity index (χ1) is 12.9. The Morgan fingerprint density at radius 2 is 2.04 bits per heavy atom. The summed E-state index contributed by atoms with van der Waals surface area (Å²) in [5.41, 5.74) is 2.87. The van der Waals surface area contributed by atoms with Gasteiger partial charge in [-0.3, -0.25) is 9.48 Å². The molecule has 2 aromatic heterocycles. The van der Waals surface area contributed by atoms with Gasteiger partial charge in [0.25, 0.3) is 5.91 Å². The van der Waals surface area contributed by atoms with Crippen LogP contribution in [0, 0.1) is 20.8 Å². The lowest BCUT2D eigenvalue weighted by atomic mass is 10.2. The van der Waals surface area contributed by atoms with Crippen LogP contribution in [0.5, 0.6) is 5.75 Å². The lowest BCUT2D eigenvalue weighted by Crippen LogP contribution is -2.36. The van der Waals surface area contributed by atoms with Gasteiger partial charge in [0.2, 0.25) is 0 Å². The van der Waals surface area contributed by atoms with Gasteiger partial charge in [-0.2, -0.15) is 5.10 Å². The van der Waals surface area contributed by atoms with Crippen molar-refractivity contribution >= 4 is 5.91 Å². The van der Waals surface area contributed by atoms with Gasteiger partial charge in [0.05, 0.1) is 17.8 Å². The molecule has 0 fully saturated rings. The first-order valence-corrected chi connectivity index (χ1v) is 8.88. The van der Waals surface area contributed by atoms with Gasteiger partial charge in [-0.05, 0) is 45.4 Å². The molecule has 1 unspecified atom stereocenters. The third-order valence-electron chi connectivity index (χ3n) is 4.28. The highest BCUT2D eigenvalue weighted by atomic mass is 16.5. The summed E-state index contributed by atoms with van der Waals surface area (Å²) < 4.78 is 12.9. The summed E-state index contributed by atoms with van der Waals surface area (Å²) in [7, 11) is 0. The van der Waals surface area contributed by atoms with Crippen molar-refractivity contribution in [1.82, 2.24) is 20.3 Å². The summed E-state index contributed by atoms with van der Waals surface area (Å²) in [6, 6.07) is 9.55. The Morgan fingerprint density at radius 1 is 1.26 bits per heavy atom. The van der Waals surface area contributed by atoms with Gasteiger partial charge < -0.3 is 14.6 Å². The van der Waals surface area contributed by atoms with Crippen LogP contribution in [0.25, 0.3) is 0 Å². The van der Waals surface area contributed by atoms with Crippen LogP contribution in [-0.4, -0.2) is 26.9 Å². The van der Waals surface area contributed by atoms with Crippen LogP contribution >= 0.6 is 0 Å². The molecule has 0 aliphatic carbocycles. The SMILES string of the molecule is Cc1ccn(CC(C)NC(=O)c2noc(C)c2COc2ccccc2C)n1. The average molecular weight is 368 g/mol. The number of carbonyl (C=O) groups excluding carboxylic acids is 1. The average Bonchev–Trinajstić information content (AvgIpc) is 3.19. The number of nitrogens with zero attached hydrogens (tertiary/aromatic N) is 3. The molecule has 1 aromatic carbocycles. The maximum atomic E-state index is 12.6. The molecule has 27 heavy (non-hydrogen) atoms. The van der Waals surface area contributed by atoms with Crippen LogP contribution < -0.4 is 10.1 Å². The van der Waals surface area contributed by atoms with E-state index in [0.717, 1.165) is 17.0 Å². The van der Waals surface area contributed by atoms with Crippen LogP contribution in [0.3, 0.4) is 0 Å². The van der Waals surface area contributed by atoms with Crippen molar-refractivity contribution in [2.75, 3.05) is 0 Å². The second kappa shape index (κ2) is 8.07. The zero-order valence-electron chi connectivity index (χ0n) is 16.0. The molecule has 0 spiro atoms. The normalized spacial score (nSPS) is 12.0. The number of benzene rings is 1. The van der Waals surface area contributed by atoms with E-state index >= 15 is 0 Å². The van der Waals surface area contributed by atoms with Crippen molar-refractivity contribution in [1.29, 1.82) is 0 Å². The Balaban J connectivity index is 1.66. The van der Waals surface area contributed by atoms with Crippen LogP contribution in [0.15, 0.2) is 41.1 Å². The molecule has 2 heterocycles. The minimum Gasteiger partial charge on any atom is -0.488 e. The molecule has 3 aromatic rings. The summed E-state index contributed by atoms with van der Waals surface area (Å²) >= 11 is 0. The summed E-state index contributed by atoms with van der Waals surface area (Å²) in [6.45, 7) is 8.39. The highest BCUT2D eigenvalue weighted by Crippen LogP contribution is 2.21. The lowest BCUT2D eigenvalue weighted by Gasteiger charge is -2.14. The molecule has 0 saturated heterocycles. The Bertz CT molecular complexity index is 929. The van der Waals surface area contributed by atoms with Gasteiger partial charge in [-0.15, -0.1) is 0 Å². The van der Waals surface area contributed by atoms with E-state index in [2.05, 4.69) is 15.6 Å². The number of para-hydroxylation sites is 1. The fraction of sp³-hybridized carbons (Fsp3) is 0.350. The molecule has 0 aliphatic rings. The third kappa shape index (κ3) is 4.55. The maximum Gasteiger partial charge on any atom is 0.274 e. The maximum absolute atomic E-state index is 12.6. The standard InChI is InChI=1S/C20H24N4O3/c1-13-7-5-6-8-18(13)26-12-17-16(4)27-23-19(17)20(25)21-15(3)11-24-10-9-14(2)22-24/h5-10,15H,11-12H2,1-4H3,(H,21,25). The van der Waals surface area contributed by atoms with Crippen LogP contribution in [0.1, 0.15) is 40.0 Å². The van der Waals surface area contributed by atoms with Gasteiger partial charge in [0.15, 0.2) is 5.69 Å². The van der Waals surface area contributed by atoms with Crippen molar-refractivity contribution in [3.05, 3.63) is 64.8 Å². The molecule has 1 atom stereocenters.